The molecule has 0 bridgehead atoms. The smallest absolute Gasteiger partial charge is 0.293 e. The SMILES string of the molecule is Cc1ccc(NC(=O)Cn2ncn3nc(-c4cccs4)cc3c2=O)cc1C. The average molecular weight is 379 g/mol. The van der Waals surface area contributed by atoms with Crippen molar-refractivity contribution in [3.05, 3.63) is 69.6 Å². The number of nitrogens with zero attached hydrogens (tertiary/aromatic N) is 4. The maximum atomic E-state index is 12.7. The molecule has 0 spiro atoms. The molecule has 3 aromatic heterocycles. The van der Waals surface area contributed by atoms with E-state index in [2.05, 4.69) is 15.5 Å². The van der Waals surface area contributed by atoms with Crippen molar-refractivity contribution in [2.75, 3.05) is 5.32 Å². The van der Waals surface area contributed by atoms with Gasteiger partial charge in [0.1, 0.15) is 24.1 Å². The van der Waals surface area contributed by atoms with Crippen molar-refractivity contribution < 1.29 is 4.79 Å². The fourth-order valence-electron chi connectivity index (χ4n) is 2.75. The van der Waals surface area contributed by atoms with Gasteiger partial charge in [0.2, 0.25) is 5.91 Å². The van der Waals surface area contributed by atoms with Gasteiger partial charge < -0.3 is 5.32 Å². The van der Waals surface area contributed by atoms with Gasteiger partial charge in [0.15, 0.2) is 0 Å². The number of nitrogens with one attached hydrogen (secondary N) is 1. The minimum Gasteiger partial charge on any atom is -0.324 e. The molecule has 4 aromatic rings. The zero-order valence-corrected chi connectivity index (χ0v) is 15.7. The lowest BCUT2D eigenvalue weighted by Gasteiger charge is -2.08. The Bertz CT molecular complexity index is 1190. The van der Waals surface area contributed by atoms with Gasteiger partial charge in [0, 0.05) is 5.69 Å². The molecule has 136 valence electrons. The highest BCUT2D eigenvalue weighted by atomic mass is 32.1. The average Bonchev–Trinajstić information content (AvgIpc) is 3.30. The molecule has 0 radical (unpaired) electrons. The molecule has 0 fully saturated rings. The summed E-state index contributed by atoms with van der Waals surface area (Å²) in [7, 11) is 0. The van der Waals surface area contributed by atoms with Gasteiger partial charge in [-0.15, -0.1) is 11.3 Å². The maximum Gasteiger partial charge on any atom is 0.293 e. The molecule has 0 atom stereocenters. The topological polar surface area (TPSA) is 81.3 Å². The number of amides is 1. The van der Waals surface area contributed by atoms with E-state index < -0.39 is 0 Å². The van der Waals surface area contributed by atoms with Crippen LogP contribution in [-0.4, -0.2) is 25.3 Å². The van der Waals surface area contributed by atoms with Crippen LogP contribution in [0, 0.1) is 13.8 Å². The number of fused-ring (bicyclic) bond motifs is 1. The molecular weight excluding hydrogens is 362 g/mol. The van der Waals surface area contributed by atoms with Crippen LogP contribution in [0.2, 0.25) is 0 Å². The Labute approximate surface area is 158 Å². The first-order valence-electron chi connectivity index (χ1n) is 8.38. The number of anilines is 1. The van der Waals surface area contributed by atoms with Crippen LogP contribution in [0.3, 0.4) is 0 Å². The van der Waals surface area contributed by atoms with Crippen molar-refractivity contribution in [2.24, 2.45) is 0 Å². The van der Waals surface area contributed by atoms with Gasteiger partial charge in [-0.05, 0) is 54.6 Å². The van der Waals surface area contributed by atoms with E-state index in [-0.39, 0.29) is 18.0 Å². The third-order valence-corrected chi connectivity index (χ3v) is 5.24. The van der Waals surface area contributed by atoms with E-state index in [0.29, 0.717) is 16.9 Å². The standard InChI is InChI=1S/C19H17N5O2S/c1-12-5-6-14(8-13(12)2)21-18(25)10-23-19(26)16-9-15(17-4-3-7-27-17)22-24(16)11-20-23/h3-9,11H,10H2,1-2H3,(H,21,25). The van der Waals surface area contributed by atoms with E-state index >= 15 is 0 Å². The summed E-state index contributed by atoms with van der Waals surface area (Å²) in [5, 5.41) is 13.2. The third-order valence-electron chi connectivity index (χ3n) is 4.35. The summed E-state index contributed by atoms with van der Waals surface area (Å²) in [6, 6.07) is 11.3. The summed E-state index contributed by atoms with van der Waals surface area (Å²) < 4.78 is 2.58. The van der Waals surface area contributed by atoms with Crippen LogP contribution in [0.4, 0.5) is 5.69 Å². The molecular formula is C19H17N5O2S. The number of hydrogen-bond acceptors (Lipinski definition) is 5. The number of benzene rings is 1. The van der Waals surface area contributed by atoms with Crippen molar-refractivity contribution in [1.82, 2.24) is 19.4 Å². The number of carbonyl (C=O) groups is 1. The van der Waals surface area contributed by atoms with Crippen LogP contribution in [0.25, 0.3) is 16.1 Å². The van der Waals surface area contributed by atoms with Crippen LogP contribution in [0.15, 0.2) is 52.9 Å². The van der Waals surface area contributed by atoms with Crippen molar-refractivity contribution >= 4 is 28.4 Å². The monoisotopic (exact) mass is 379 g/mol. The number of rotatable bonds is 4. The van der Waals surface area contributed by atoms with Gasteiger partial charge in [-0.3, -0.25) is 9.59 Å². The van der Waals surface area contributed by atoms with Crippen LogP contribution >= 0.6 is 11.3 Å². The van der Waals surface area contributed by atoms with Crippen molar-refractivity contribution in [3.63, 3.8) is 0 Å². The third kappa shape index (κ3) is 3.39. The molecule has 0 aliphatic rings. The summed E-state index contributed by atoms with van der Waals surface area (Å²) in [6.45, 7) is 3.83. The van der Waals surface area contributed by atoms with E-state index in [4.69, 9.17) is 0 Å². The molecule has 8 heteroatoms. The molecule has 0 saturated carbocycles. The normalized spacial score (nSPS) is 11.0. The Balaban J connectivity index is 1.58. The lowest BCUT2D eigenvalue weighted by Crippen LogP contribution is -2.30. The number of hydrogen-bond donors (Lipinski definition) is 1. The minimum absolute atomic E-state index is 0.165. The largest absolute Gasteiger partial charge is 0.324 e. The number of aromatic nitrogens is 4. The van der Waals surface area contributed by atoms with E-state index in [1.807, 2.05) is 49.6 Å². The van der Waals surface area contributed by atoms with Gasteiger partial charge >= 0.3 is 0 Å². The first kappa shape index (κ1) is 17.2. The molecule has 0 aliphatic heterocycles. The zero-order chi connectivity index (χ0) is 19.0. The molecule has 1 N–H and O–H groups in total. The number of aryl methyl sites for hydroxylation is 2. The molecule has 0 aliphatic carbocycles. The van der Waals surface area contributed by atoms with Gasteiger partial charge in [0.25, 0.3) is 5.56 Å². The van der Waals surface area contributed by atoms with Crippen LogP contribution in [0.5, 0.6) is 0 Å². The van der Waals surface area contributed by atoms with Gasteiger partial charge in [0.05, 0.1) is 4.88 Å². The highest BCUT2D eigenvalue weighted by Crippen LogP contribution is 2.23. The van der Waals surface area contributed by atoms with Crippen LogP contribution in [0.1, 0.15) is 11.1 Å². The van der Waals surface area contributed by atoms with E-state index in [9.17, 15) is 9.59 Å². The van der Waals surface area contributed by atoms with Crippen molar-refractivity contribution in [3.8, 4) is 10.6 Å². The van der Waals surface area contributed by atoms with Crippen molar-refractivity contribution in [1.29, 1.82) is 0 Å². The second-order valence-corrected chi connectivity index (χ2v) is 7.23. The summed E-state index contributed by atoms with van der Waals surface area (Å²) in [4.78, 5) is 26.0. The molecule has 3 heterocycles. The summed E-state index contributed by atoms with van der Waals surface area (Å²) in [5.41, 5.74) is 3.67. The lowest BCUT2D eigenvalue weighted by molar-refractivity contribution is -0.117. The number of thiophene rings is 1. The maximum absolute atomic E-state index is 12.7. The Kier molecular flexibility index (Phi) is 4.33. The number of carbonyl (C=O) groups excluding carboxylic acids is 1. The Hall–Kier alpha value is -3.26. The highest BCUT2D eigenvalue weighted by Gasteiger charge is 2.13. The minimum atomic E-state index is -0.358. The Morgan fingerprint density at radius 3 is 2.78 bits per heavy atom. The molecule has 1 amide bonds. The Morgan fingerprint density at radius 1 is 1.19 bits per heavy atom. The van der Waals surface area contributed by atoms with E-state index in [1.165, 1.54) is 10.8 Å². The Morgan fingerprint density at radius 2 is 2.04 bits per heavy atom. The second kappa shape index (κ2) is 6.81. The van der Waals surface area contributed by atoms with Crippen LogP contribution in [-0.2, 0) is 11.3 Å². The molecule has 4 rings (SSSR count). The predicted molar refractivity (Wildman–Crippen MR) is 105 cm³/mol. The molecule has 27 heavy (non-hydrogen) atoms. The van der Waals surface area contributed by atoms with E-state index in [0.717, 1.165) is 20.7 Å². The fraction of sp³-hybridized carbons (Fsp3) is 0.158. The molecule has 7 nitrogen and oxygen atoms in total. The van der Waals surface area contributed by atoms with Gasteiger partial charge in [-0.25, -0.2) is 9.20 Å². The van der Waals surface area contributed by atoms with Gasteiger partial charge in [-0.1, -0.05) is 12.1 Å². The second-order valence-electron chi connectivity index (χ2n) is 6.28. The molecule has 0 unspecified atom stereocenters. The first-order valence-corrected chi connectivity index (χ1v) is 9.26. The van der Waals surface area contributed by atoms with Crippen LogP contribution < -0.4 is 10.9 Å². The predicted octanol–water partition coefficient (Wildman–Crippen LogP) is 2.88. The zero-order valence-electron chi connectivity index (χ0n) is 14.8. The quantitative estimate of drug-likeness (QED) is 0.591. The highest BCUT2D eigenvalue weighted by molar-refractivity contribution is 7.13. The van der Waals surface area contributed by atoms with Gasteiger partial charge in [-0.2, -0.15) is 10.2 Å². The lowest BCUT2D eigenvalue weighted by atomic mass is 10.1. The first-order chi connectivity index (χ1) is 13.0. The summed E-state index contributed by atoms with van der Waals surface area (Å²) in [6.07, 6.45) is 1.44. The molecule has 1 aromatic carbocycles. The van der Waals surface area contributed by atoms with Crippen molar-refractivity contribution in [2.45, 2.75) is 20.4 Å². The summed E-state index contributed by atoms with van der Waals surface area (Å²) >= 11 is 1.55. The summed E-state index contributed by atoms with van der Waals surface area (Å²) in [5.74, 6) is -0.310. The van der Waals surface area contributed by atoms with E-state index in [1.54, 1.807) is 17.4 Å². The molecule has 0 saturated heterocycles. The fourth-order valence-corrected chi connectivity index (χ4v) is 3.43.